The van der Waals surface area contributed by atoms with Gasteiger partial charge in [-0.05, 0) is 44.4 Å². The summed E-state index contributed by atoms with van der Waals surface area (Å²) in [4.78, 5) is 9.76. The maximum Gasteiger partial charge on any atom is 0.0339 e. The van der Waals surface area contributed by atoms with Gasteiger partial charge in [-0.1, -0.05) is 19.4 Å². The van der Waals surface area contributed by atoms with Gasteiger partial charge >= 0.3 is 0 Å². The molecule has 3 rings (SSSR count). The summed E-state index contributed by atoms with van der Waals surface area (Å²) in [5.41, 5.74) is 1.36. The van der Waals surface area contributed by atoms with Crippen LogP contribution in [0.1, 0.15) is 51.1 Å². The van der Waals surface area contributed by atoms with Crippen LogP contribution in [0.2, 0.25) is 0 Å². The third kappa shape index (κ3) is 2.75. The average molecular weight is 273 g/mol. The van der Waals surface area contributed by atoms with E-state index in [1.54, 1.807) is 0 Å². The van der Waals surface area contributed by atoms with Crippen molar-refractivity contribution < 1.29 is 0 Å². The number of rotatable bonds is 3. The molecule has 3 heteroatoms. The molecule has 0 aliphatic carbocycles. The molecule has 0 spiro atoms. The SMILES string of the molecule is CCC1CN2CCCCC2CN1C(C)c1cccnc1. The van der Waals surface area contributed by atoms with Gasteiger partial charge < -0.3 is 0 Å². The van der Waals surface area contributed by atoms with E-state index in [1.807, 2.05) is 12.4 Å². The van der Waals surface area contributed by atoms with Crippen molar-refractivity contribution in [1.29, 1.82) is 0 Å². The predicted molar refractivity (Wildman–Crippen MR) is 82.6 cm³/mol. The van der Waals surface area contributed by atoms with Crippen molar-refractivity contribution in [2.24, 2.45) is 0 Å². The molecule has 0 radical (unpaired) electrons. The fourth-order valence-corrected chi connectivity index (χ4v) is 3.93. The zero-order chi connectivity index (χ0) is 13.9. The Morgan fingerprint density at radius 1 is 1.35 bits per heavy atom. The summed E-state index contributed by atoms with van der Waals surface area (Å²) < 4.78 is 0. The minimum atomic E-state index is 0.484. The number of aromatic nitrogens is 1. The third-order valence-corrected chi connectivity index (χ3v) is 5.22. The van der Waals surface area contributed by atoms with Crippen LogP contribution in [0.25, 0.3) is 0 Å². The van der Waals surface area contributed by atoms with Crippen molar-refractivity contribution in [3.63, 3.8) is 0 Å². The van der Waals surface area contributed by atoms with Crippen LogP contribution >= 0.6 is 0 Å². The summed E-state index contributed by atoms with van der Waals surface area (Å²) in [5, 5.41) is 0. The molecule has 0 saturated carbocycles. The van der Waals surface area contributed by atoms with Crippen molar-refractivity contribution in [3.05, 3.63) is 30.1 Å². The molecule has 3 heterocycles. The van der Waals surface area contributed by atoms with Crippen LogP contribution in [0.5, 0.6) is 0 Å². The maximum absolute atomic E-state index is 4.30. The Bertz CT molecular complexity index is 420. The highest BCUT2D eigenvalue weighted by Gasteiger charge is 2.36. The first-order valence-corrected chi connectivity index (χ1v) is 8.19. The molecular weight excluding hydrogens is 246 g/mol. The van der Waals surface area contributed by atoms with E-state index in [0.29, 0.717) is 12.1 Å². The van der Waals surface area contributed by atoms with E-state index >= 15 is 0 Å². The lowest BCUT2D eigenvalue weighted by molar-refractivity contribution is -0.0124. The van der Waals surface area contributed by atoms with Crippen molar-refractivity contribution in [2.75, 3.05) is 19.6 Å². The zero-order valence-corrected chi connectivity index (χ0v) is 12.8. The Morgan fingerprint density at radius 3 is 3.00 bits per heavy atom. The first-order valence-electron chi connectivity index (χ1n) is 8.19. The first-order chi connectivity index (χ1) is 9.79. The lowest BCUT2D eigenvalue weighted by Gasteiger charge is -2.50. The quantitative estimate of drug-likeness (QED) is 0.843. The van der Waals surface area contributed by atoms with Gasteiger partial charge in [-0.15, -0.1) is 0 Å². The number of pyridine rings is 1. The van der Waals surface area contributed by atoms with Gasteiger partial charge in [-0.2, -0.15) is 0 Å². The highest BCUT2D eigenvalue weighted by molar-refractivity contribution is 5.14. The number of hydrogen-bond acceptors (Lipinski definition) is 3. The van der Waals surface area contributed by atoms with Gasteiger partial charge in [0.05, 0.1) is 0 Å². The lowest BCUT2D eigenvalue weighted by atomic mass is 9.93. The lowest BCUT2D eigenvalue weighted by Crippen LogP contribution is -2.59. The minimum absolute atomic E-state index is 0.484. The molecule has 2 fully saturated rings. The summed E-state index contributed by atoms with van der Waals surface area (Å²) in [5.74, 6) is 0. The Morgan fingerprint density at radius 2 is 2.25 bits per heavy atom. The van der Waals surface area contributed by atoms with Crippen molar-refractivity contribution in [3.8, 4) is 0 Å². The Balaban J connectivity index is 1.76. The van der Waals surface area contributed by atoms with E-state index in [4.69, 9.17) is 0 Å². The summed E-state index contributed by atoms with van der Waals surface area (Å²) in [7, 11) is 0. The smallest absolute Gasteiger partial charge is 0.0339 e. The van der Waals surface area contributed by atoms with Gasteiger partial charge in [0.25, 0.3) is 0 Å². The van der Waals surface area contributed by atoms with Crippen LogP contribution < -0.4 is 0 Å². The molecule has 20 heavy (non-hydrogen) atoms. The second-order valence-corrected chi connectivity index (χ2v) is 6.37. The van der Waals surface area contributed by atoms with Gasteiger partial charge in [0, 0.05) is 43.6 Å². The van der Waals surface area contributed by atoms with E-state index in [9.17, 15) is 0 Å². The van der Waals surface area contributed by atoms with E-state index < -0.39 is 0 Å². The molecule has 0 bridgehead atoms. The van der Waals surface area contributed by atoms with Crippen molar-refractivity contribution in [1.82, 2.24) is 14.8 Å². The van der Waals surface area contributed by atoms with E-state index in [0.717, 1.165) is 6.04 Å². The Hall–Kier alpha value is -0.930. The number of fused-ring (bicyclic) bond motifs is 1. The van der Waals surface area contributed by atoms with E-state index in [-0.39, 0.29) is 0 Å². The summed E-state index contributed by atoms with van der Waals surface area (Å²) >= 11 is 0. The molecule has 1 aromatic heterocycles. The van der Waals surface area contributed by atoms with E-state index in [2.05, 4.69) is 40.8 Å². The van der Waals surface area contributed by atoms with Crippen molar-refractivity contribution >= 4 is 0 Å². The second kappa shape index (κ2) is 6.23. The molecule has 0 N–H and O–H groups in total. The zero-order valence-electron chi connectivity index (χ0n) is 12.8. The van der Waals surface area contributed by atoms with Crippen LogP contribution in [-0.4, -0.2) is 46.5 Å². The standard InChI is InChI=1S/C17H27N3/c1-3-16-12-19-10-5-4-8-17(19)13-20(16)14(2)15-7-6-9-18-11-15/h6-7,9,11,14,16-17H,3-5,8,10,12-13H2,1-2H3. The molecule has 2 aliphatic heterocycles. The third-order valence-electron chi connectivity index (χ3n) is 5.22. The van der Waals surface area contributed by atoms with Crippen LogP contribution in [0.15, 0.2) is 24.5 Å². The van der Waals surface area contributed by atoms with Crippen LogP contribution in [0, 0.1) is 0 Å². The Kier molecular flexibility index (Phi) is 4.37. The average Bonchev–Trinajstić information content (AvgIpc) is 2.53. The largest absolute Gasteiger partial charge is 0.298 e. The summed E-state index contributed by atoms with van der Waals surface area (Å²) in [6, 6.07) is 6.24. The number of nitrogens with zero attached hydrogens (tertiary/aromatic N) is 3. The molecular formula is C17H27N3. The first kappa shape index (κ1) is 14.0. The summed E-state index contributed by atoms with van der Waals surface area (Å²) in [6.45, 7) is 8.48. The minimum Gasteiger partial charge on any atom is -0.298 e. The molecule has 3 nitrogen and oxygen atoms in total. The molecule has 3 atom stereocenters. The highest BCUT2D eigenvalue weighted by atomic mass is 15.3. The molecule has 0 amide bonds. The molecule has 2 aliphatic rings. The number of piperazine rings is 1. The Labute approximate surface area is 123 Å². The molecule has 0 aromatic carbocycles. The maximum atomic E-state index is 4.30. The number of piperidine rings is 1. The molecule has 1 aromatic rings. The van der Waals surface area contributed by atoms with Gasteiger partial charge in [-0.3, -0.25) is 14.8 Å². The van der Waals surface area contributed by atoms with Gasteiger partial charge in [0.15, 0.2) is 0 Å². The van der Waals surface area contributed by atoms with Gasteiger partial charge in [0.1, 0.15) is 0 Å². The van der Waals surface area contributed by atoms with Crippen molar-refractivity contribution in [2.45, 2.75) is 57.7 Å². The normalized spacial score (nSPS) is 29.9. The van der Waals surface area contributed by atoms with Crippen LogP contribution in [0.3, 0.4) is 0 Å². The van der Waals surface area contributed by atoms with Crippen LogP contribution in [-0.2, 0) is 0 Å². The van der Waals surface area contributed by atoms with Gasteiger partial charge in [0.2, 0.25) is 0 Å². The van der Waals surface area contributed by atoms with Gasteiger partial charge in [-0.25, -0.2) is 0 Å². The van der Waals surface area contributed by atoms with E-state index in [1.165, 1.54) is 50.9 Å². The summed E-state index contributed by atoms with van der Waals surface area (Å²) in [6.07, 6.45) is 9.33. The molecule has 110 valence electrons. The second-order valence-electron chi connectivity index (χ2n) is 6.37. The van der Waals surface area contributed by atoms with Crippen LogP contribution in [0.4, 0.5) is 0 Å². The number of hydrogen-bond donors (Lipinski definition) is 0. The topological polar surface area (TPSA) is 19.4 Å². The molecule has 3 unspecified atom stereocenters. The highest BCUT2D eigenvalue weighted by Crippen LogP contribution is 2.31. The monoisotopic (exact) mass is 273 g/mol. The molecule has 2 saturated heterocycles. The predicted octanol–water partition coefficient (Wildman–Crippen LogP) is 3.09. The fraction of sp³-hybridized carbons (Fsp3) is 0.706. The fourth-order valence-electron chi connectivity index (χ4n) is 3.93.